The number of hydrogen-bond donors (Lipinski definition) is 2. The maximum Gasteiger partial charge on any atom is 0.262 e. The monoisotopic (exact) mass is 411 g/mol. The lowest BCUT2D eigenvalue weighted by Gasteiger charge is -2.20. The molecule has 0 saturated heterocycles. The summed E-state index contributed by atoms with van der Waals surface area (Å²) in [5.41, 5.74) is 3.49. The molecule has 2 rings (SSSR count). The molecule has 0 saturated carbocycles. The molecule has 29 heavy (non-hydrogen) atoms. The molecule has 2 aromatic rings. The number of terminal acetylenes is 1. The van der Waals surface area contributed by atoms with Gasteiger partial charge in [0.2, 0.25) is 0 Å². The standard InChI is InChI=1S/C22H22ClN3O3/c1-4-12-29-19-11-6-5-8-17(19)14-24-26-22(28)20(15(2)3)25-21(27)16-9-7-10-18(23)13-16/h1,5-11,13-15,20H,12H2,2-3H3,(H,25,27)(H,26,28)/b24-14+. The fourth-order valence-corrected chi connectivity index (χ4v) is 2.65. The number of ether oxygens (including phenoxy) is 1. The van der Waals surface area contributed by atoms with Crippen LogP contribution >= 0.6 is 11.6 Å². The average molecular weight is 412 g/mol. The van der Waals surface area contributed by atoms with E-state index in [1.165, 1.54) is 12.3 Å². The number of hydrogen-bond acceptors (Lipinski definition) is 4. The highest BCUT2D eigenvalue weighted by atomic mass is 35.5. The third kappa shape index (κ3) is 6.66. The molecule has 0 spiro atoms. The Bertz CT molecular complexity index is 935. The van der Waals surface area contributed by atoms with Crippen molar-refractivity contribution in [2.24, 2.45) is 11.0 Å². The molecule has 0 heterocycles. The number of carbonyl (C=O) groups is 2. The molecule has 6 nitrogen and oxygen atoms in total. The Hall–Kier alpha value is -3.30. The van der Waals surface area contributed by atoms with Crippen LogP contribution in [0.4, 0.5) is 0 Å². The number of hydrazone groups is 1. The van der Waals surface area contributed by atoms with E-state index in [1.807, 2.05) is 26.0 Å². The number of para-hydroxylation sites is 1. The van der Waals surface area contributed by atoms with Crippen molar-refractivity contribution in [3.05, 3.63) is 64.7 Å². The first kappa shape index (κ1) is 22.0. The Labute approximate surface area is 175 Å². The molecule has 0 aromatic heterocycles. The van der Waals surface area contributed by atoms with Gasteiger partial charge in [0, 0.05) is 16.1 Å². The Kier molecular flexibility index (Phi) is 8.26. The Morgan fingerprint density at radius 1 is 1.24 bits per heavy atom. The van der Waals surface area contributed by atoms with Gasteiger partial charge in [-0.05, 0) is 36.2 Å². The Balaban J connectivity index is 2.04. The lowest BCUT2D eigenvalue weighted by atomic mass is 10.0. The van der Waals surface area contributed by atoms with Crippen molar-refractivity contribution in [1.29, 1.82) is 0 Å². The molecule has 2 amide bonds. The van der Waals surface area contributed by atoms with Crippen LogP contribution in [0, 0.1) is 18.3 Å². The molecule has 0 bridgehead atoms. The van der Waals surface area contributed by atoms with Crippen LogP contribution < -0.4 is 15.5 Å². The molecule has 0 aliphatic rings. The summed E-state index contributed by atoms with van der Waals surface area (Å²) in [5, 5.41) is 7.14. The van der Waals surface area contributed by atoms with Gasteiger partial charge in [-0.15, -0.1) is 6.42 Å². The van der Waals surface area contributed by atoms with Crippen LogP contribution in [0.25, 0.3) is 0 Å². The lowest BCUT2D eigenvalue weighted by molar-refractivity contribution is -0.123. The number of amides is 2. The fraction of sp³-hybridized carbons (Fsp3) is 0.227. The van der Waals surface area contributed by atoms with E-state index >= 15 is 0 Å². The largest absolute Gasteiger partial charge is 0.480 e. The van der Waals surface area contributed by atoms with E-state index < -0.39 is 17.9 Å². The molecular weight excluding hydrogens is 390 g/mol. The second kappa shape index (κ2) is 10.9. The summed E-state index contributed by atoms with van der Waals surface area (Å²) >= 11 is 5.92. The van der Waals surface area contributed by atoms with Crippen LogP contribution in [0.15, 0.2) is 53.6 Å². The highest BCUT2D eigenvalue weighted by Gasteiger charge is 2.24. The van der Waals surface area contributed by atoms with Gasteiger partial charge in [0.15, 0.2) is 0 Å². The van der Waals surface area contributed by atoms with Gasteiger partial charge in [0.1, 0.15) is 18.4 Å². The molecule has 0 fully saturated rings. The van der Waals surface area contributed by atoms with Gasteiger partial charge in [0.05, 0.1) is 6.21 Å². The van der Waals surface area contributed by atoms with Gasteiger partial charge in [-0.3, -0.25) is 9.59 Å². The van der Waals surface area contributed by atoms with E-state index in [0.717, 1.165) is 0 Å². The minimum absolute atomic E-state index is 0.127. The maximum absolute atomic E-state index is 12.5. The molecule has 2 N–H and O–H groups in total. The summed E-state index contributed by atoms with van der Waals surface area (Å²) in [4.78, 5) is 25.0. The van der Waals surface area contributed by atoms with Crippen LogP contribution in [0.2, 0.25) is 5.02 Å². The highest BCUT2D eigenvalue weighted by Crippen LogP contribution is 2.15. The first-order valence-electron chi connectivity index (χ1n) is 8.97. The third-order valence-electron chi connectivity index (χ3n) is 3.93. The number of halogens is 1. The third-order valence-corrected chi connectivity index (χ3v) is 4.17. The predicted octanol–water partition coefficient (Wildman–Crippen LogP) is 3.26. The maximum atomic E-state index is 12.5. The summed E-state index contributed by atoms with van der Waals surface area (Å²) in [7, 11) is 0. The number of nitrogens with zero attached hydrogens (tertiary/aromatic N) is 1. The second-order valence-corrected chi connectivity index (χ2v) is 6.91. The summed E-state index contributed by atoms with van der Waals surface area (Å²) in [6.45, 7) is 3.78. The molecule has 1 atom stereocenters. The predicted molar refractivity (Wildman–Crippen MR) is 114 cm³/mol. The van der Waals surface area contributed by atoms with Gasteiger partial charge in [-0.25, -0.2) is 5.43 Å². The van der Waals surface area contributed by atoms with Gasteiger partial charge >= 0.3 is 0 Å². The van der Waals surface area contributed by atoms with E-state index in [4.69, 9.17) is 22.8 Å². The molecular formula is C22H22ClN3O3. The van der Waals surface area contributed by atoms with Crippen molar-refractivity contribution in [3.8, 4) is 18.1 Å². The van der Waals surface area contributed by atoms with E-state index in [9.17, 15) is 9.59 Å². The quantitative estimate of drug-likeness (QED) is 0.397. The van der Waals surface area contributed by atoms with E-state index in [0.29, 0.717) is 21.9 Å². The SMILES string of the molecule is C#CCOc1ccccc1/C=N/NC(=O)C(NC(=O)c1cccc(Cl)c1)C(C)C. The molecule has 7 heteroatoms. The minimum atomic E-state index is -0.772. The second-order valence-electron chi connectivity index (χ2n) is 6.47. The molecule has 1 unspecified atom stereocenters. The zero-order valence-corrected chi connectivity index (χ0v) is 16.9. The molecule has 0 aliphatic heterocycles. The number of benzene rings is 2. The zero-order valence-electron chi connectivity index (χ0n) is 16.2. The van der Waals surface area contributed by atoms with E-state index in [1.54, 1.807) is 30.3 Å². The minimum Gasteiger partial charge on any atom is -0.480 e. The normalized spacial score (nSPS) is 11.7. The van der Waals surface area contributed by atoms with Gasteiger partial charge in [-0.2, -0.15) is 5.10 Å². The zero-order chi connectivity index (χ0) is 21.2. The lowest BCUT2D eigenvalue weighted by Crippen LogP contribution is -2.48. The van der Waals surface area contributed by atoms with Crippen molar-refractivity contribution >= 4 is 29.6 Å². The van der Waals surface area contributed by atoms with Gasteiger partial charge < -0.3 is 10.1 Å². The van der Waals surface area contributed by atoms with Gasteiger partial charge in [0.25, 0.3) is 11.8 Å². The summed E-state index contributed by atoms with van der Waals surface area (Å²) in [5.74, 6) is 1.97. The van der Waals surface area contributed by atoms with Gasteiger partial charge in [-0.1, -0.05) is 49.6 Å². The molecule has 150 valence electrons. The fourth-order valence-electron chi connectivity index (χ4n) is 2.46. The molecule has 0 aliphatic carbocycles. The molecule has 0 radical (unpaired) electrons. The molecule has 2 aromatic carbocycles. The van der Waals surface area contributed by atoms with Crippen LogP contribution in [-0.4, -0.2) is 30.7 Å². The van der Waals surface area contributed by atoms with Crippen LogP contribution in [-0.2, 0) is 4.79 Å². The van der Waals surface area contributed by atoms with Crippen LogP contribution in [0.3, 0.4) is 0 Å². The smallest absolute Gasteiger partial charge is 0.262 e. The summed E-state index contributed by atoms with van der Waals surface area (Å²) in [6, 6.07) is 12.9. The van der Waals surface area contributed by atoms with Crippen molar-refractivity contribution in [2.75, 3.05) is 6.61 Å². The Morgan fingerprint density at radius 2 is 2.00 bits per heavy atom. The Morgan fingerprint density at radius 3 is 2.69 bits per heavy atom. The number of nitrogens with one attached hydrogen (secondary N) is 2. The first-order chi connectivity index (χ1) is 13.9. The van der Waals surface area contributed by atoms with Crippen LogP contribution in [0.1, 0.15) is 29.8 Å². The van der Waals surface area contributed by atoms with Crippen molar-refractivity contribution in [1.82, 2.24) is 10.7 Å². The van der Waals surface area contributed by atoms with Crippen molar-refractivity contribution < 1.29 is 14.3 Å². The van der Waals surface area contributed by atoms with Crippen molar-refractivity contribution in [2.45, 2.75) is 19.9 Å². The number of carbonyl (C=O) groups excluding carboxylic acids is 2. The summed E-state index contributed by atoms with van der Waals surface area (Å²) in [6.07, 6.45) is 6.67. The topological polar surface area (TPSA) is 79.8 Å². The van der Waals surface area contributed by atoms with Crippen molar-refractivity contribution in [3.63, 3.8) is 0 Å². The van der Waals surface area contributed by atoms with E-state index in [2.05, 4.69) is 21.8 Å². The van der Waals surface area contributed by atoms with Crippen LogP contribution in [0.5, 0.6) is 5.75 Å². The van der Waals surface area contributed by atoms with E-state index in [-0.39, 0.29) is 12.5 Å². The average Bonchev–Trinajstić information content (AvgIpc) is 2.70. The summed E-state index contributed by atoms with van der Waals surface area (Å²) < 4.78 is 5.43. The highest BCUT2D eigenvalue weighted by molar-refractivity contribution is 6.31. The number of rotatable bonds is 8. The first-order valence-corrected chi connectivity index (χ1v) is 9.34.